The smallest absolute Gasteiger partial charge is 0.338 e. The van der Waals surface area contributed by atoms with Gasteiger partial charge in [0.2, 0.25) is 11.5 Å². The molecule has 7 fully saturated rings. The molecule has 50 heavy (non-hydrogen) atoms. The number of methoxy groups -OCH3 is 3. The fraction of sp³-hybridized carbons (Fsp3) is 0.811. The number of benzene rings is 1. The van der Waals surface area contributed by atoms with Crippen molar-refractivity contribution in [3.8, 4) is 17.2 Å². The van der Waals surface area contributed by atoms with Gasteiger partial charge in [0, 0.05) is 55.1 Å². The fourth-order valence-corrected chi connectivity index (χ4v) is 12.8. The van der Waals surface area contributed by atoms with Gasteiger partial charge < -0.3 is 54.3 Å². The second-order valence-electron chi connectivity index (χ2n) is 17.1. The summed E-state index contributed by atoms with van der Waals surface area (Å²) in [7, 11) is 4.35. The van der Waals surface area contributed by atoms with Gasteiger partial charge in [-0.05, 0) is 63.5 Å². The summed E-state index contributed by atoms with van der Waals surface area (Å²) < 4.78 is 29.2. The summed E-state index contributed by atoms with van der Waals surface area (Å²) >= 11 is 0. The van der Waals surface area contributed by atoms with Crippen LogP contribution in [0.4, 0.5) is 0 Å². The molecule has 0 unspecified atom stereocenters. The zero-order valence-corrected chi connectivity index (χ0v) is 29.8. The Balaban J connectivity index is 1.16. The maximum Gasteiger partial charge on any atom is 0.338 e. The van der Waals surface area contributed by atoms with Gasteiger partial charge in [-0.1, -0.05) is 13.8 Å². The Morgan fingerprint density at radius 2 is 1.52 bits per heavy atom. The summed E-state index contributed by atoms with van der Waals surface area (Å²) in [6, 6.07) is 2.54. The molecule has 1 aromatic rings. The standard InChI is InChI=1S/C37H53NO12/c1-19-7-10-26-32(3,41)36(44)25(17-38(26)16-19)34(43)18-35-24(33(34,42)15-27(36)39)9-8-23-31(35,2)12-11-28(37(23,45)50-35)49-30(40)20-13-21(46-4)29(48-6)22(14-20)47-5/h13-14,19,23-28,39,41-45H,7-12,15-18H2,1-6H3/t19-,23-,24-,25-,26-,27-,28-,31-,32+,33+,34+,35+,36-,37+/m0/s1. The number of rotatable bonds is 5. The Morgan fingerprint density at radius 3 is 2.16 bits per heavy atom. The van der Waals surface area contributed by atoms with E-state index in [4.69, 9.17) is 23.7 Å². The van der Waals surface area contributed by atoms with E-state index in [2.05, 4.69) is 11.8 Å². The molecule has 0 aromatic heterocycles. The maximum atomic E-state index is 13.7. The molecule has 3 aliphatic heterocycles. The number of hydrogen-bond acceptors (Lipinski definition) is 13. The van der Waals surface area contributed by atoms with Crippen LogP contribution in [-0.2, 0) is 9.47 Å². The van der Waals surface area contributed by atoms with Crippen molar-refractivity contribution in [3.05, 3.63) is 17.7 Å². The van der Waals surface area contributed by atoms with E-state index in [0.29, 0.717) is 43.9 Å². The number of ether oxygens (including phenoxy) is 5. The van der Waals surface area contributed by atoms with Gasteiger partial charge in [-0.25, -0.2) is 4.79 Å². The molecule has 14 atom stereocenters. The first-order chi connectivity index (χ1) is 23.4. The van der Waals surface area contributed by atoms with Crippen LogP contribution in [0.1, 0.15) is 82.5 Å². The molecule has 1 aromatic carbocycles. The molecule has 3 saturated heterocycles. The lowest BCUT2D eigenvalue weighted by atomic mass is 9.49. The van der Waals surface area contributed by atoms with Crippen LogP contribution in [0.15, 0.2) is 12.1 Å². The number of nitrogens with zero attached hydrogens (tertiary/aromatic N) is 1. The predicted octanol–water partition coefficient (Wildman–Crippen LogP) is 1.36. The third-order valence-electron chi connectivity index (χ3n) is 15.2. The predicted molar refractivity (Wildman–Crippen MR) is 176 cm³/mol. The van der Waals surface area contributed by atoms with Gasteiger partial charge in [-0.3, -0.25) is 4.90 Å². The minimum Gasteiger partial charge on any atom is -0.493 e. The SMILES string of the molecule is COc1cc(C(=O)O[C@H]2CC[C@@]3(C)[C@@H]4CC[C@H]5[C@]6(O)C[C@H](O)[C@@]7(O)[C@@H](CN8C[C@@H](C)CC[C@H]8[C@@]7(C)O)[C@]6(O)C[C@@]53O[C@@]24O)cc(OC)c1OC. The Hall–Kier alpha value is -2.23. The Morgan fingerprint density at radius 1 is 0.860 bits per heavy atom. The molecule has 4 bridgehead atoms. The summed E-state index contributed by atoms with van der Waals surface area (Å²) in [6.45, 7) is 6.54. The number of aliphatic hydroxyl groups is 6. The number of aliphatic hydroxyl groups excluding tert-OH is 1. The zero-order valence-electron chi connectivity index (χ0n) is 29.8. The van der Waals surface area contributed by atoms with E-state index in [-0.39, 0.29) is 42.9 Å². The molecule has 8 rings (SSSR count). The van der Waals surface area contributed by atoms with Gasteiger partial charge in [0.05, 0.1) is 38.6 Å². The Bertz CT molecular complexity index is 1560. The number of carbonyl (C=O) groups is 1. The van der Waals surface area contributed by atoms with Crippen LogP contribution in [0, 0.1) is 29.1 Å². The van der Waals surface area contributed by atoms with E-state index in [1.807, 2.05) is 6.92 Å². The van der Waals surface area contributed by atoms with Crippen LogP contribution < -0.4 is 14.2 Å². The van der Waals surface area contributed by atoms with E-state index in [9.17, 15) is 35.4 Å². The highest BCUT2D eigenvalue weighted by Crippen LogP contribution is 2.78. The molecule has 3 heterocycles. The molecule has 4 saturated carbocycles. The first-order valence-corrected chi connectivity index (χ1v) is 18.2. The molecule has 13 nitrogen and oxygen atoms in total. The second kappa shape index (κ2) is 10.7. The van der Waals surface area contributed by atoms with Crippen LogP contribution in [0.3, 0.4) is 0 Å². The lowest BCUT2D eigenvalue weighted by molar-refractivity contribution is -0.354. The van der Waals surface area contributed by atoms with Gasteiger partial charge in [0.1, 0.15) is 22.4 Å². The van der Waals surface area contributed by atoms with Crippen molar-refractivity contribution in [2.75, 3.05) is 34.4 Å². The van der Waals surface area contributed by atoms with Gasteiger partial charge in [0.25, 0.3) is 0 Å². The van der Waals surface area contributed by atoms with Crippen molar-refractivity contribution < 1.29 is 59.1 Å². The summed E-state index contributed by atoms with van der Waals surface area (Å²) in [5.41, 5.74) is -9.64. The highest BCUT2D eigenvalue weighted by Gasteiger charge is 2.88. The minimum atomic E-state index is -2.11. The van der Waals surface area contributed by atoms with E-state index in [0.717, 1.165) is 6.42 Å². The molecule has 278 valence electrons. The lowest BCUT2D eigenvalue weighted by Crippen LogP contribution is -2.85. The lowest BCUT2D eigenvalue weighted by Gasteiger charge is -2.68. The molecule has 7 aliphatic rings. The molecule has 13 heteroatoms. The van der Waals surface area contributed by atoms with Gasteiger partial charge >= 0.3 is 5.97 Å². The number of carbonyl (C=O) groups excluding carboxylic acids is 1. The summed E-state index contributed by atoms with van der Waals surface area (Å²) in [6.07, 6.45) is -0.0196. The molecule has 0 radical (unpaired) electrons. The van der Waals surface area contributed by atoms with Crippen molar-refractivity contribution in [2.45, 2.75) is 124 Å². The van der Waals surface area contributed by atoms with E-state index in [1.54, 1.807) is 6.92 Å². The van der Waals surface area contributed by atoms with Crippen LogP contribution in [0.25, 0.3) is 0 Å². The highest BCUT2D eigenvalue weighted by molar-refractivity contribution is 5.91. The van der Waals surface area contributed by atoms with Crippen LogP contribution in [-0.4, -0.2) is 128 Å². The van der Waals surface area contributed by atoms with E-state index < -0.39 is 81.2 Å². The first-order valence-electron chi connectivity index (χ1n) is 18.2. The van der Waals surface area contributed by atoms with Crippen LogP contribution in [0.5, 0.6) is 17.2 Å². The maximum absolute atomic E-state index is 13.7. The highest BCUT2D eigenvalue weighted by atomic mass is 16.7. The summed E-state index contributed by atoms with van der Waals surface area (Å²) in [5.74, 6) is -3.76. The van der Waals surface area contributed by atoms with Gasteiger partial charge in [0.15, 0.2) is 17.6 Å². The van der Waals surface area contributed by atoms with Crippen molar-refractivity contribution in [1.82, 2.24) is 4.90 Å². The topological polar surface area (TPSA) is 188 Å². The average molecular weight is 704 g/mol. The van der Waals surface area contributed by atoms with E-state index >= 15 is 0 Å². The molecule has 1 spiro atoms. The molecule has 6 N–H and O–H groups in total. The van der Waals surface area contributed by atoms with Crippen molar-refractivity contribution >= 4 is 5.97 Å². The first kappa shape index (κ1) is 34.8. The largest absolute Gasteiger partial charge is 0.493 e. The number of fused-ring (bicyclic) bond motifs is 5. The van der Waals surface area contributed by atoms with Crippen molar-refractivity contribution in [3.63, 3.8) is 0 Å². The number of piperidine rings is 2. The zero-order chi connectivity index (χ0) is 36.0. The third-order valence-corrected chi connectivity index (χ3v) is 15.2. The quantitative estimate of drug-likeness (QED) is 0.242. The molecule has 0 amide bonds. The average Bonchev–Trinajstić information content (AvgIpc) is 3.24. The summed E-state index contributed by atoms with van der Waals surface area (Å²) in [5, 5.41) is 74.9. The fourth-order valence-electron chi connectivity index (χ4n) is 12.8. The monoisotopic (exact) mass is 703 g/mol. The Labute approximate surface area is 292 Å². The number of esters is 1. The third kappa shape index (κ3) is 3.88. The second-order valence-corrected chi connectivity index (χ2v) is 17.1. The van der Waals surface area contributed by atoms with Gasteiger partial charge in [-0.15, -0.1) is 0 Å². The van der Waals surface area contributed by atoms with Gasteiger partial charge in [-0.2, -0.15) is 0 Å². The van der Waals surface area contributed by atoms with Crippen LogP contribution in [0.2, 0.25) is 0 Å². The molecular weight excluding hydrogens is 650 g/mol. The minimum absolute atomic E-state index is 0.117. The molecular formula is C37H53NO12. The molecule has 4 aliphatic carbocycles. The van der Waals surface area contributed by atoms with Crippen molar-refractivity contribution in [2.24, 2.45) is 29.1 Å². The normalized spacial score (nSPS) is 51.9. The summed E-state index contributed by atoms with van der Waals surface area (Å²) in [4.78, 5) is 15.8. The van der Waals surface area contributed by atoms with Crippen molar-refractivity contribution in [1.29, 1.82) is 0 Å². The Kier molecular flexibility index (Phi) is 7.44. The van der Waals surface area contributed by atoms with E-state index in [1.165, 1.54) is 33.5 Å². The van der Waals surface area contributed by atoms with Crippen LogP contribution >= 0.6 is 0 Å². The number of hydrogen-bond donors (Lipinski definition) is 6.